The van der Waals surface area contributed by atoms with Crippen LogP contribution in [0.25, 0.3) is 0 Å². The molecule has 0 bridgehead atoms. The summed E-state index contributed by atoms with van der Waals surface area (Å²) < 4.78 is 14.0. The highest BCUT2D eigenvalue weighted by atomic mass is 19.1. The van der Waals surface area contributed by atoms with Crippen LogP contribution in [0.4, 0.5) is 20.6 Å². The molecule has 1 fully saturated rings. The van der Waals surface area contributed by atoms with E-state index < -0.39 is 35.2 Å². The van der Waals surface area contributed by atoms with Crippen LogP contribution in [0.1, 0.15) is 66.1 Å². The van der Waals surface area contributed by atoms with E-state index in [9.17, 15) is 23.9 Å². The number of amides is 3. The van der Waals surface area contributed by atoms with Crippen LogP contribution < -0.4 is 16.0 Å². The van der Waals surface area contributed by atoms with E-state index in [1.54, 1.807) is 0 Å². The van der Waals surface area contributed by atoms with Gasteiger partial charge in [-0.15, -0.1) is 0 Å². The Morgan fingerprint density at radius 3 is 2.18 bits per heavy atom. The fourth-order valence-corrected chi connectivity index (χ4v) is 4.85. The molecule has 0 spiro atoms. The summed E-state index contributed by atoms with van der Waals surface area (Å²) in [5.74, 6) is -2.43. The fraction of sp³-hybridized carbons (Fsp3) is 0.423. The number of benzene rings is 2. The summed E-state index contributed by atoms with van der Waals surface area (Å²) in [6, 6.07) is 5.52. The number of nitrogens with one attached hydrogen (secondary N) is 3. The second kappa shape index (κ2) is 10.2. The molecule has 0 aromatic heterocycles. The number of aliphatic carboxylic acids is 1. The first-order chi connectivity index (χ1) is 16.0. The number of anilines is 2. The van der Waals surface area contributed by atoms with Crippen LogP contribution in [-0.2, 0) is 4.79 Å². The van der Waals surface area contributed by atoms with Gasteiger partial charge in [-0.2, -0.15) is 0 Å². The fourth-order valence-electron chi connectivity index (χ4n) is 4.85. The van der Waals surface area contributed by atoms with Gasteiger partial charge in [0, 0.05) is 5.69 Å². The third-order valence-corrected chi connectivity index (χ3v) is 6.61. The molecule has 3 rings (SSSR count). The molecule has 8 heteroatoms. The Labute approximate surface area is 199 Å². The number of urea groups is 1. The molecule has 3 amide bonds. The van der Waals surface area contributed by atoms with Gasteiger partial charge in [0.05, 0.1) is 11.3 Å². The number of hydrogen-bond acceptors (Lipinski definition) is 3. The quantitative estimate of drug-likeness (QED) is 0.445. The Kier molecular flexibility index (Phi) is 7.59. The molecule has 1 aliphatic carbocycles. The smallest absolute Gasteiger partial charge is 0.326 e. The topological polar surface area (TPSA) is 108 Å². The van der Waals surface area contributed by atoms with Crippen molar-refractivity contribution in [3.63, 3.8) is 0 Å². The number of halogens is 1. The average Bonchev–Trinajstić information content (AvgIpc) is 2.74. The van der Waals surface area contributed by atoms with Crippen molar-refractivity contribution in [1.29, 1.82) is 0 Å². The second-order valence-corrected chi connectivity index (χ2v) is 9.50. The summed E-state index contributed by atoms with van der Waals surface area (Å²) in [5.41, 5.74) is 2.79. The summed E-state index contributed by atoms with van der Waals surface area (Å²) in [5, 5.41) is 17.7. The van der Waals surface area contributed by atoms with Crippen molar-refractivity contribution in [2.24, 2.45) is 5.41 Å². The number of carbonyl (C=O) groups excluding carboxylic acids is 2. The zero-order chi connectivity index (χ0) is 25.0. The second-order valence-electron chi connectivity index (χ2n) is 9.50. The van der Waals surface area contributed by atoms with E-state index in [2.05, 4.69) is 16.0 Å². The van der Waals surface area contributed by atoms with Gasteiger partial charge in [-0.1, -0.05) is 43.9 Å². The third-order valence-electron chi connectivity index (χ3n) is 6.61. The minimum absolute atomic E-state index is 0.0143. The Bertz CT molecular complexity index is 1090. The predicted octanol–water partition coefficient (Wildman–Crippen LogP) is 5.55. The molecule has 0 radical (unpaired) electrons. The van der Waals surface area contributed by atoms with E-state index in [4.69, 9.17) is 0 Å². The lowest BCUT2D eigenvalue weighted by atomic mass is 9.70. The first-order valence-corrected chi connectivity index (χ1v) is 11.5. The van der Waals surface area contributed by atoms with Crippen LogP contribution in [0.15, 0.2) is 30.3 Å². The Morgan fingerprint density at radius 2 is 1.59 bits per heavy atom. The highest BCUT2D eigenvalue weighted by Crippen LogP contribution is 2.39. The molecule has 1 aliphatic rings. The molecular formula is C26H32FN3O4. The van der Waals surface area contributed by atoms with Gasteiger partial charge in [-0.3, -0.25) is 4.79 Å². The van der Waals surface area contributed by atoms with Crippen molar-refractivity contribution in [3.05, 3.63) is 58.4 Å². The molecule has 1 saturated carbocycles. The summed E-state index contributed by atoms with van der Waals surface area (Å²) in [6.07, 6.45) is 4.22. The van der Waals surface area contributed by atoms with Gasteiger partial charge >= 0.3 is 12.0 Å². The van der Waals surface area contributed by atoms with E-state index in [1.807, 2.05) is 39.8 Å². The lowest BCUT2D eigenvalue weighted by Crippen LogP contribution is -2.52. The highest BCUT2D eigenvalue weighted by Gasteiger charge is 2.41. The van der Waals surface area contributed by atoms with E-state index in [0.29, 0.717) is 18.5 Å². The zero-order valence-electron chi connectivity index (χ0n) is 20.0. The monoisotopic (exact) mass is 469 g/mol. The van der Waals surface area contributed by atoms with Gasteiger partial charge in [-0.05, 0) is 68.4 Å². The predicted molar refractivity (Wildman–Crippen MR) is 130 cm³/mol. The van der Waals surface area contributed by atoms with E-state index in [0.717, 1.165) is 48.1 Å². The summed E-state index contributed by atoms with van der Waals surface area (Å²) in [7, 11) is 0. The van der Waals surface area contributed by atoms with Crippen molar-refractivity contribution in [2.45, 2.75) is 65.8 Å². The maximum absolute atomic E-state index is 14.0. The largest absolute Gasteiger partial charge is 0.480 e. The number of aryl methyl sites for hydroxylation is 3. The Balaban J connectivity index is 1.82. The lowest BCUT2D eigenvalue weighted by Gasteiger charge is -2.38. The Morgan fingerprint density at radius 1 is 0.971 bits per heavy atom. The number of carboxylic acid groups (broad SMARTS) is 1. The summed E-state index contributed by atoms with van der Waals surface area (Å²) >= 11 is 0. The first-order valence-electron chi connectivity index (χ1n) is 11.5. The van der Waals surface area contributed by atoms with E-state index in [1.165, 1.54) is 6.07 Å². The standard InChI is InChI=1S/C26H32FN3O4/c1-15-12-16(2)21(17(3)13-15)29-25(34)28-20-14-18(27)8-9-19(20)23(31)30-22(24(32)33)26(4)10-6-5-7-11-26/h8-9,12-14,22H,5-7,10-11H2,1-4H3,(H,30,31)(H,32,33)(H2,28,29,34)/t22-/m1/s1. The summed E-state index contributed by atoms with van der Waals surface area (Å²) in [6.45, 7) is 7.57. The van der Waals surface area contributed by atoms with E-state index >= 15 is 0 Å². The molecule has 34 heavy (non-hydrogen) atoms. The Hall–Kier alpha value is -3.42. The molecule has 0 heterocycles. The number of carbonyl (C=O) groups is 3. The average molecular weight is 470 g/mol. The summed E-state index contributed by atoms with van der Waals surface area (Å²) in [4.78, 5) is 37.8. The number of carboxylic acids is 1. The molecule has 0 saturated heterocycles. The molecule has 0 aliphatic heterocycles. The maximum Gasteiger partial charge on any atom is 0.326 e. The van der Waals surface area contributed by atoms with Gasteiger partial charge in [0.25, 0.3) is 5.91 Å². The number of rotatable bonds is 6. The SMILES string of the molecule is Cc1cc(C)c(NC(=O)Nc2cc(F)ccc2C(=O)N[C@H](C(=O)O)C2(C)CCCCC2)c(C)c1. The minimum Gasteiger partial charge on any atom is -0.480 e. The van der Waals surface area contributed by atoms with Crippen LogP contribution >= 0.6 is 0 Å². The van der Waals surface area contributed by atoms with Crippen molar-refractivity contribution in [1.82, 2.24) is 5.32 Å². The third kappa shape index (κ3) is 5.73. The molecule has 7 nitrogen and oxygen atoms in total. The lowest BCUT2D eigenvalue weighted by molar-refractivity contribution is -0.143. The van der Waals surface area contributed by atoms with Gasteiger partial charge in [0.1, 0.15) is 11.9 Å². The molecule has 2 aromatic rings. The van der Waals surface area contributed by atoms with Gasteiger partial charge < -0.3 is 21.1 Å². The van der Waals surface area contributed by atoms with Crippen LogP contribution in [0, 0.1) is 32.0 Å². The van der Waals surface area contributed by atoms with Crippen LogP contribution in [-0.4, -0.2) is 29.1 Å². The molecule has 182 valence electrons. The maximum atomic E-state index is 14.0. The zero-order valence-corrected chi connectivity index (χ0v) is 20.0. The normalized spacial score (nSPS) is 15.8. The van der Waals surface area contributed by atoms with Gasteiger partial charge in [-0.25, -0.2) is 14.0 Å². The van der Waals surface area contributed by atoms with Crippen LogP contribution in [0.5, 0.6) is 0 Å². The van der Waals surface area contributed by atoms with Crippen molar-refractivity contribution >= 4 is 29.3 Å². The molecule has 1 atom stereocenters. The van der Waals surface area contributed by atoms with Crippen molar-refractivity contribution in [3.8, 4) is 0 Å². The first kappa shape index (κ1) is 25.2. The number of hydrogen-bond donors (Lipinski definition) is 4. The molecular weight excluding hydrogens is 437 g/mol. The van der Waals surface area contributed by atoms with Crippen LogP contribution in [0.2, 0.25) is 0 Å². The van der Waals surface area contributed by atoms with Gasteiger partial charge in [0.2, 0.25) is 0 Å². The highest BCUT2D eigenvalue weighted by molar-refractivity contribution is 6.07. The van der Waals surface area contributed by atoms with E-state index in [-0.39, 0.29) is 11.3 Å². The molecule has 4 N–H and O–H groups in total. The molecule has 0 unspecified atom stereocenters. The van der Waals surface area contributed by atoms with Crippen LogP contribution in [0.3, 0.4) is 0 Å². The molecule has 2 aromatic carbocycles. The van der Waals surface area contributed by atoms with Gasteiger partial charge in [0.15, 0.2) is 0 Å². The minimum atomic E-state index is -1.11. The van der Waals surface area contributed by atoms with Crippen molar-refractivity contribution in [2.75, 3.05) is 10.6 Å². The van der Waals surface area contributed by atoms with Crippen molar-refractivity contribution < 1.29 is 23.9 Å².